The number of aliphatic hydroxyl groups is 2. The lowest BCUT2D eigenvalue weighted by Crippen LogP contribution is -2.34. The van der Waals surface area contributed by atoms with Crippen LogP contribution >= 0.6 is 0 Å². The van der Waals surface area contributed by atoms with Gasteiger partial charge in [-0.05, 0) is 78.8 Å². The number of aryl methyl sites for hydroxylation is 1. The Bertz CT molecular complexity index is 608. The smallest absolute Gasteiger partial charge is 0.106 e. The summed E-state index contributed by atoms with van der Waals surface area (Å²) in [5.74, 6) is 0.410. The van der Waals surface area contributed by atoms with Gasteiger partial charge in [-0.3, -0.25) is 0 Å². The van der Waals surface area contributed by atoms with Crippen LogP contribution in [-0.4, -0.2) is 15.8 Å². The summed E-state index contributed by atoms with van der Waals surface area (Å²) in [4.78, 5) is 0. The average Bonchev–Trinajstić information content (AvgIpc) is 2.40. The van der Waals surface area contributed by atoms with E-state index < -0.39 is 11.7 Å². The fraction of sp³-hybridized carbons (Fsp3) is 0.579. The minimum atomic E-state index is -0.757. The standard InChI is InChI=1S/C19H26O2/c1-11(2)13-9-8-12(3)15-16(13)18(20)17(15)14-7-5-6-10-19(14,4)21/h8-9,11,18,20-21H,5-7,10H2,1-4H3/b17-14-/t18-,19-/m1/s1. The molecule has 1 fully saturated rings. The summed E-state index contributed by atoms with van der Waals surface area (Å²) in [7, 11) is 0. The normalized spacial score (nSPS) is 32.0. The number of rotatable bonds is 1. The minimum absolute atomic E-state index is 0.410. The first kappa shape index (κ1) is 14.8. The lowest BCUT2D eigenvalue weighted by Gasteiger charge is -2.42. The van der Waals surface area contributed by atoms with Gasteiger partial charge in [0.2, 0.25) is 0 Å². The fourth-order valence-corrected chi connectivity index (χ4v) is 4.04. The van der Waals surface area contributed by atoms with E-state index in [1.807, 2.05) is 6.92 Å². The van der Waals surface area contributed by atoms with Crippen LogP contribution in [0.25, 0.3) is 5.57 Å². The highest BCUT2D eigenvalue weighted by Crippen LogP contribution is 2.54. The summed E-state index contributed by atoms with van der Waals surface area (Å²) in [5, 5.41) is 21.4. The van der Waals surface area contributed by atoms with Crippen LogP contribution in [0.4, 0.5) is 0 Å². The van der Waals surface area contributed by atoms with Crippen molar-refractivity contribution < 1.29 is 10.2 Å². The number of aliphatic hydroxyl groups excluding tert-OH is 1. The first-order valence-electron chi connectivity index (χ1n) is 8.12. The molecule has 114 valence electrons. The zero-order chi connectivity index (χ0) is 15.4. The fourth-order valence-electron chi connectivity index (χ4n) is 4.04. The molecule has 0 spiro atoms. The Kier molecular flexibility index (Phi) is 3.50. The van der Waals surface area contributed by atoms with E-state index in [-0.39, 0.29) is 0 Å². The molecule has 0 aromatic heterocycles. The van der Waals surface area contributed by atoms with Crippen molar-refractivity contribution in [2.24, 2.45) is 0 Å². The molecule has 1 saturated carbocycles. The second-order valence-corrected chi connectivity index (χ2v) is 7.19. The molecule has 0 aliphatic heterocycles. The van der Waals surface area contributed by atoms with Gasteiger partial charge in [0.1, 0.15) is 6.10 Å². The largest absolute Gasteiger partial charge is 0.386 e. The van der Waals surface area contributed by atoms with Gasteiger partial charge in [0.05, 0.1) is 5.60 Å². The molecule has 2 nitrogen and oxygen atoms in total. The topological polar surface area (TPSA) is 40.5 Å². The molecule has 0 amide bonds. The SMILES string of the molecule is Cc1ccc(C(C)C)c2c1/C(=C1\CCCC[C@@]1(C)O)[C@@H]2O. The molecule has 0 unspecified atom stereocenters. The van der Waals surface area contributed by atoms with Crippen LogP contribution in [-0.2, 0) is 0 Å². The van der Waals surface area contributed by atoms with Gasteiger partial charge in [0, 0.05) is 0 Å². The van der Waals surface area contributed by atoms with Crippen molar-refractivity contribution in [1.29, 1.82) is 0 Å². The molecular weight excluding hydrogens is 260 g/mol. The molecule has 21 heavy (non-hydrogen) atoms. The van der Waals surface area contributed by atoms with Gasteiger partial charge in [0.25, 0.3) is 0 Å². The summed E-state index contributed by atoms with van der Waals surface area (Å²) in [6, 6.07) is 4.29. The van der Waals surface area contributed by atoms with Crippen molar-refractivity contribution in [2.75, 3.05) is 0 Å². The number of hydrogen-bond acceptors (Lipinski definition) is 2. The van der Waals surface area contributed by atoms with Gasteiger partial charge < -0.3 is 10.2 Å². The van der Waals surface area contributed by atoms with Crippen LogP contribution in [0.2, 0.25) is 0 Å². The van der Waals surface area contributed by atoms with Gasteiger partial charge in [-0.1, -0.05) is 26.0 Å². The van der Waals surface area contributed by atoms with Gasteiger partial charge in [-0.25, -0.2) is 0 Å². The highest BCUT2D eigenvalue weighted by molar-refractivity contribution is 5.88. The molecule has 2 aliphatic rings. The quantitative estimate of drug-likeness (QED) is 0.810. The molecule has 2 aliphatic carbocycles. The Hall–Kier alpha value is -1.12. The van der Waals surface area contributed by atoms with Crippen LogP contribution in [0, 0.1) is 6.92 Å². The minimum Gasteiger partial charge on any atom is -0.386 e. The molecule has 2 atom stereocenters. The predicted molar refractivity (Wildman–Crippen MR) is 86.2 cm³/mol. The predicted octanol–water partition coefficient (Wildman–Crippen LogP) is 4.24. The molecular formula is C19H26O2. The molecule has 1 aromatic carbocycles. The second-order valence-electron chi connectivity index (χ2n) is 7.19. The van der Waals surface area contributed by atoms with Crippen LogP contribution < -0.4 is 0 Å². The van der Waals surface area contributed by atoms with Crippen molar-refractivity contribution >= 4 is 5.57 Å². The lowest BCUT2D eigenvalue weighted by molar-refractivity contribution is 0.0692. The molecule has 0 saturated heterocycles. The molecule has 0 bridgehead atoms. The Morgan fingerprint density at radius 1 is 1.24 bits per heavy atom. The molecule has 0 heterocycles. The third-order valence-corrected chi connectivity index (χ3v) is 5.24. The van der Waals surface area contributed by atoms with Crippen molar-refractivity contribution in [1.82, 2.24) is 0 Å². The van der Waals surface area contributed by atoms with Crippen LogP contribution in [0.15, 0.2) is 17.7 Å². The summed E-state index contributed by atoms with van der Waals surface area (Å²) in [6.45, 7) is 8.34. The van der Waals surface area contributed by atoms with E-state index in [0.29, 0.717) is 5.92 Å². The maximum absolute atomic E-state index is 10.7. The van der Waals surface area contributed by atoms with Crippen molar-refractivity contribution in [3.8, 4) is 0 Å². The number of hydrogen-bond donors (Lipinski definition) is 2. The highest BCUT2D eigenvalue weighted by Gasteiger charge is 2.41. The molecule has 3 rings (SSSR count). The Morgan fingerprint density at radius 2 is 1.95 bits per heavy atom. The molecule has 0 radical (unpaired) electrons. The third kappa shape index (κ3) is 2.16. The van der Waals surface area contributed by atoms with Crippen LogP contribution in [0.1, 0.15) is 80.7 Å². The van der Waals surface area contributed by atoms with Gasteiger partial charge >= 0.3 is 0 Å². The third-order valence-electron chi connectivity index (χ3n) is 5.24. The van der Waals surface area contributed by atoms with Crippen molar-refractivity contribution in [2.45, 2.75) is 71.0 Å². The Balaban J connectivity index is 2.19. The first-order chi connectivity index (χ1) is 9.84. The van der Waals surface area contributed by atoms with E-state index in [0.717, 1.165) is 42.4 Å². The second kappa shape index (κ2) is 4.96. The Labute approximate surface area is 127 Å². The zero-order valence-electron chi connectivity index (χ0n) is 13.5. The highest BCUT2D eigenvalue weighted by atomic mass is 16.3. The first-order valence-corrected chi connectivity index (χ1v) is 8.12. The summed E-state index contributed by atoms with van der Waals surface area (Å²) < 4.78 is 0. The van der Waals surface area contributed by atoms with Crippen LogP contribution in [0.5, 0.6) is 0 Å². The van der Waals surface area contributed by atoms with Crippen molar-refractivity contribution in [3.63, 3.8) is 0 Å². The number of benzene rings is 1. The molecule has 2 heteroatoms. The van der Waals surface area contributed by atoms with E-state index >= 15 is 0 Å². The van der Waals surface area contributed by atoms with Gasteiger partial charge in [-0.2, -0.15) is 0 Å². The van der Waals surface area contributed by atoms with E-state index in [4.69, 9.17) is 0 Å². The van der Waals surface area contributed by atoms with Gasteiger partial charge in [-0.15, -0.1) is 0 Å². The monoisotopic (exact) mass is 286 g/mol. The van der Waals surface area contributed by atoms with E-state index in [2.05, 4.69) is 32.9 Å². The van der Waals surface area contributed by atoms with Crippen LogP contribution in [0.3, 0.4) is 0 Å². The van der Waals surface area contributed by atoms with Gasteiger partial charge in [0.15, 0.2) is 0 Å². The Morgan fingerprint density at radius 3 is 2.57 bits per heavy atom. The molecule has 1 aromatic rings. The van der Waals surface area contributed by atoms with E-state index in [1.165, 1.54) is 16.7 Å². The maximum Gasteiger partial charge on any atom is 0.106 e. The maximum atomic E-state index is 10.7. The lowest BCUT2D eigenvalue weighted by atomic mass is 9.66. The molecule has 2 N–H and O–H groups in total. The summed E-state index contributed by atoms with van der Waals surface area (Å²) in [6.07, 6.45) is 3.37. The van der Waals surface area contributed by atoms with E-state index in [9.17, 15) is 10.2 Å². The zero-order valence-corrected chi connectivity index (χ0v) is 13.5. The average molecular weight is 286 g/mol. The van der Waals surface area contributed by atoms with E-state index in [1.54, 1.807) is 0 Å². The van der Waals surface area contributed by atoms with Crippen molar-refractivity contribution in [3.05, 3.63) is 40.0 Å². The summed E-state index contributed by atoms with van der Waals surface area (Å²) >= 11 is 0. The number of fused-ring (bicyclic) bond motifs is 1. The summed E-state index contributed by atoms with van der Waals surface area (Å²) in [5.41, 5.74) is 6.06.